The molecule has 5 aliphatic rings. The molecule has 3 saturated heterocycles. The Balaban J connectivity index is 1.24. The second-order valence-electron chi connectivity index (χ2n) is 12.6. The minimum Gasteiger partial charge on any atom is -0.461 e. The van der Waals surface area contributed by atoms with Gasteiger partial charge in [-0.2, -0.15) is 15.2 Å². The summed E-state index contributed by atoms with van der Waals surface area (Å²) in [6.45, 7) is 3.87. The number of rotatable bonds is 4. The summed E-state index contributed by atoms with van der Waals surface area (Å²) in [5.74, 6) is 0.943. The topological polar surface area (TPSA) is 101 Å². The zero-order chi connectivity index (χ0) is 27.3. The molecule has 4 atom stereocenters. The van der Waals surface area contributed by atoms with E-state index in [0.717, 1.165) is 93.8 Å². The van der Waals surface area contributed by atoms with Crippen LogP contribution in [0.25, 0.3) is 0 Å². The van der Waals surface area contributed by atoms with E-state index in [1.807, 2.05) is 6.07 Å². The number of nitrogens with two attached hydrogens (primary N) is 1. The fourth-order valence-electron chi connectivity index (χ4n) is 8.00. The van der Waals surface area contributed by atoms with Gasteiger partial charge in [-0.3, -0.25) is 4.90 Å². The highest BCUT2D eigenvalue weighted by atomic mass is 19.1. The van der Waals surface area contributed by atoms with Crippen molar-refractivity contribution in [1.29, 1.82) is 5.26 Å². The fraction of sp³-hybridized carbons (Fsp3) is 0.645. The van der Waals surface area contributed by atoms with Crippen molar-refractivity contribution in [3.05, 3.63) is 40.6 Å². The second-order valence-corrected chi connectivity index (χ2v) is 12.6. The molecular weight excluding hydrogens is 507 g/mol. The third-order valence-electron chi connectivity index (χ3n) is 10.1. The lowest BCUT2D eigenvalue weighted by molar-refractivity contribution is -0.0855. The number of benzene rings is 1. The highest BCUT2D eigenvalue weighted by Gasteiger charge is 2.49. The number of anilines is 2. The summed E-state index contributed by atoms with van der Waals surface area (Å²) in [6, 6.07) is 9.03. The fourth-order valence-corrected chi connectivity index (χ4v) is 8.00. The van der Waals surface area contributed by atoms with E-state index in [1.54, 1.807) is 0 Å². The van der Waals surface area contributed by atoms with Gasteiger partial charge in [-0.1, -0.05) is 6.07 Å². The summed E-state index contributed by atoms with van der Waals surface area (Å²) in [5, 5.41) is 9.54. The first-order valence-electron chi connectivity index (χ1n) is 15.1. The molecule has 40 heavy (non-hydrogen) atoms. The van der Waals surface area contributed by atoms with Gasteiger partial charge in [0.05, 0.1) is 29.5 Å². The molecule has 0 saturated carbocycles. The van der Waals surface area contributed by atoms with Gasteiger partial charge in [0.15, 0.2) is 0 Å². The summed E-state index contributed by atoms with van der Waals surface area (Å²) in [4.78, 5) is 14.6. The number of nitriles is 1. The lowest BCUT2D eigenvalue weighted by atomic mass is 9.74. The molecule has 1 spiro atoms. The van der Waals surface area contributed by atoms with E-state index < -0.39 is 11.8 Å². The summed E-state index contributed by atoms with van der Waals surface area (Å²) < 4.78 is 27.6. The number of alkyl halides is 1. The van der Waals surface area contributed by atoms with Crippen molar-refractivity contribution in [2.45, 2.75) is 88.1 Å². The molecule has 4 aliphatic heterocycles. The molecule has 2 N–H and O–H groups in total. The molecule has 1 aliphatic carbocycles. The molecule has 9 heteroatoms. The van der Waals surface area contributed by atoms with E-state index in [0.29, 0.717) is 38.6 Å². The number of halogens is 1. The summed E-state index contributed by atoms with van der Waals surface area (Å²) >= 11 is 0. The van der Waals surface area contributed by atoms with Crippen LogP contribution in [0.4, 0.5) is 15.9 Å². The smallest absolute Gasteiger partial charge is 0.318 e. The van der Waals surface area contributed by atoms with Crippen LogP contribution in [0.3, 0.4) is 0 Å². The monoisotopic (exact) mass is 546 g/mol. The molecule has 3 fully saturated rings. The van der Waals surface area contributed by atoms with E-state index in [4.69, 9.17) is 25.2 Å². The second kappa shape index (κ2) is 10.1. The van der Waals surface area contributed by atoms with Crippen LogP contribution in [-0.4, -0.2) is 59.4 Å². The lowest BCUT2D eigenvalue weighted by Gasteiger charge is -2.43. The number of ether oxygens (including phenoxy) is 2. The Hall–Kier alpha value is -2.96. The van der Waals surface area contributed by atoms with E-state index in [1.165, 1.54) is 11.1 Å². The van der Waals surface area contributed by atoms with Crippen LogP contribution < -0.4 is 15.4 Å². The average Bonchev–Trinajstić information content (AvgIpc) is 3.36. The average molecular weight is 547 g/mol. The van der Waals surface area contributed by atoms with Gasteiger partial charge in [0.2, 0.25) is 0 Å². The number of aryl methyl sites for hydroxylation is 1. The number of aromatic nitrogens is 2. The van der Waals surface area contributed by atoms with Crippen molar-refractivity contribution in [2.75, 3.05) is 43.4 Å². The molecule has 1 aromatic carbocycles. The Bertz CT molecular complexity index is 1330. The van der Waals surface area contributed by atoms with E-state index >= 15 is 0 Å². The number of nitrogens with zero attached hydrogens (tertiary/aromatic N) is 5. The molecular formula is C31H39FN6O2. The predicted molar refractivity (Wildman–Crippen MR) is 150 cm³/mol. The molecule has 1 aromatic heterocycles. The molecule has 5 heterocycles. The number of hydrogen-bond donors (Lipinski definition) is 1. The van der Waals surface area contributed by atoms with Gasteiger partial charge >= 0.3 is 6.01 Å². The zero-order valence-electron chi connectivity index (χ0n) is 23.2. The van der Waals surface area contributed by atoms with Gasteiger partial charge in [0.25, 0.3) is 0 Å². The van der Waals surface area contributed by atoms with Crippen LogP contribution in [-0.2, 0) is 29.8 Å². The first kappa shape index (κ1) is 26.0. The maximum atomic E-state index is 14.4. The largest absolute Gasteiger partial charge is 0.461 e. The highest BCUT2D eigenvalue weighted by Crippen LogP contribution is 2.47. The molecule has 0 radical (unpaired) electrons. The van der Waals surface area contributed by atoms with Crippen molar-refractivity contribution in [2.24, 2.45) is 5.92 Å². The zero-order valence-corrected chi connectivity index (χ0v) is 23.2. The minimum absolute atomic E-state index is 0.0746. The van der Waals surface area contributed by atoms with Crippen LogP contribution in [0.1, 0.15) is 73.8 Å². The maximum absolute atomic E-state index is 14.4. The van der Waals surface area contributed by atoms with Crippen molar-refractivity contribution < 1.29 is 13.9 Å². The molecule has 0 unspecified atom stereocenters. The maximum Gasteiger partial charge on any atom is 0.318 e. The normalized spacial score (nSPS) is 31.8. The van der Waals surface area contributed by atoms with Crippen LogP contribution in [0.5, 0.6) is 6.01 Å². The third-order valence-corrected chi connectivity index (χ3v) is 10.1. The standard InChI is InChI=1S/C31H39FN6O2/c32-23-15-30(9-3-12-38(30)18-23)20-39-29-35-27-16-31(10-1-5-22-6-7-24(34)14-26(22)31)40-19-25(27)28(36-29)37-11-2-4-21(17-33)8-13-37/h6-7,14,21,23H,1-5,8-13,15-16,18-20,34H2/t21-,23+,30-,31-/m0/s1. The summed E-state index contributed by atoms with van der Waals surface area (Å²) in [6.07, 6.45) is 8.04. The van der Waals surface area contributed by atoms with Crippen molar-refractivity contribution in [3.63, 3.8) is 0 Å². The molecule has 0 bridgehead atoms. The van der Waals surface area contributed by atoms with Crippen LogP contribution in [0.15, 0.2) is 18.2 Å². The first-order valence-corrected chi connectivity index (χ1v) is 15.1. The molecule has 8 nitrogen and oxygen atoms in total. The van der Waals surface area contributed by atoms with Crippen LogP contribution in [0.2, 0.25) is 0 Å². The van der Waals surface area contributed by atoms with Gasteiger partial charge in [0.1, 0.15) is 18.6 Å². The Kier molecular flexibility index (Phi) is 6.59. The first-order chi connectivity index (χ1) is 19.5. The SMILES string of the molecule is N#C[C@H]1CCCN(c2nc(OC[C@@]34CCCN3C[C@H](F)C4)nc3c2CO[C@@]2(CCCc4ccc(N)cc42)C3)CC1. The minimum atomic E-state index is -0.801. The van der Waals surface area contributed by atoms with Crippen molar-refractivity contribution in [1.82, 2.24) is 14.9 Å². The molecule has 212 valence electrons. The number of hydrogen-bond acceptors (Lipinski definition) is 8. The van der Waals surface area contributed by atoms with Gasteiger partial charge in [-0.25, -0.2) is 4.39 Å². The molecule has 2 aromatic rings. The van der Waals surface area contributed by atoms with Gasteiger partial charge in [0, 0.05) is 49.6 Å². The van der Waals surface area contributed by atoms with Crippen LogP contribution >= 0.6 is 0 Å². The van der Waals surface area contributed by atoms with E-state index in [-0.39, 0.29) is 11.5 Å². The predicted octanol–water partition coefficient (Wildman–Crippen LogP) is 4.45. The van der Waals surface area contributed by atoms with Crippen molar-refractivity contribution in [3.8, 4) is 12.1 Å². The lowest BCUT2D eigenvalue weighted by Crippen LogP contribution is -2.44. The molecule has 7 rings (SSSR count). The third kappa shape index (κ3) is 4.50. The van der Waals surface area contributed by atoms with E-state index in [9.17, 15) is 9.65 Å². The summed E-state index contributed by atoms with van der Waals surface area (Å²) in [7, 11) is 0. The highest BCUT2D eigenvalue weighted by molar-refractivity contribution is 5.54. The number of fused-ring (bicyclic) bond motifs is 4. The quantitative estimate of drug-likeness (QED) is 0.562. The Morgan fingerprint density at radius 2 is 2.08 bits per heavy atom. The Morgan fingerprint density at radius 3 is 2.98 bits per heavy atom. The van der Waals surface area contributed by atoms with E-state index in [2.05, 4.69) is 28.0 Å². The molecule has 0 amide bonds. The van der Waals surface area contributed by atoms with Gasteiger partial charge < -0.3 is 20.1 Å². The van der Waals surface area contributed by atoms with Crippen molar-refractivity contribution >= 4 is 11.5 Å². The Morgan fingerprint density at radius 1 is 1.15 bits per heavy atom. The van der Waals surface area contributed by atoms with Gasteiger partial charge in [-0.15, -0.1) is 0 Å². The summed E-state index contributed by atoms with van der Waals surface area (Å²) in [5.41, 5.74) is 10.7. The Labute approximate surface area is 235 Å². The van der Waals surface area contributed by atoms with Gasteiger partial charge in [-0.05, 0) is 81.2 Å². The number of nitrogen functional groups attached to an aromatic ring is 1. The van der Waals surface area contributed by atoms with Crippen LogP contribution in [0, 0.1) is 17.2 Å².